The summed E-state index contributed by atoms with van der Waals surface area (Å²) >= 11 is 1.44. The van der Waals surface area contributed by atoms with Crippen LogP contribution < -0.4 is 10.1 Å². The van der Waals surface area contributed by atoms with Crippen LogP contribution in [0.5, 0.6) is 5.75 Å². The third-order valence-electron chi connectivity index (χ3n) is 3.65. The van der Waals surface area contributed by atoms with E-state index in [2.05, 4.69) is 11.4 Å². The van der Waals surface area contributed by atoms with Crippen molar-refractivity contribution in [2.24, 2.45) is 0 Å². The molecule has 0 unspecified atom stereocenters. The lowest BCUT2D eigenvalue weighted by atomic mass is 10.2. The van der Waals surface area contributed by atoms with E-state index in [4.69, 9.17) is 4.74 Å². The highest BCUT2D eigenvalue weighted by Gasteiger charge is 2.15. The molecule has 1 amide bonds. The molecule has 0 atom stereocenters. The summed E-state index contributed by atoms with van der Waals surface area (Å²) in [6.45, 7) is 5.24. The molecule has 6 heteroatoms. The van der Waals surface area contributed by atoms with Gasteiger partial charge in [0.15, 0.2) is 0 Å². The second-order valence-corrected chi connectivity index (χ2v) is 6.77. The van der Waals surface area contributed by atoms with Gasteiger partial charge in [0.1, 0.15) is 23.4 Å². The first-order valence-corrected chi connectivity index (χ1v) is 8.49. The lowest BCUT2D eigenvalue weighted by Crippen LogP contribution is -2.33. The fraction of sp³-hybridized carbons (Fsp3) is 0.333. The molecule has 24 heavy (non-hydrogen) atoms. The van der Waals surface area contributed by atoms with E-state index in [0.29, 0.717) is 23.7 Å². The van der Waals surface area contributed by atoms with Gasteiger partial charge in [-0.25, -0.2) is 0 Å². The Hall–Kier alpha value is -2.36. The van der Waals surface area contributed by atoms with Crippen LogP contribution in [0.4, 0.5) is 5.00 Å². The summed E-state index contributed by atoms with van der Waals surface area (Å²) in [5.74, 6) is 0.688. The highest BCUT2D eigenvalue weighted by Crippen LogP contribution is 2.31. The van der Waals surface area contributed by atoms with Gasteiger partial charge >= 0.3 is 0 Å². The molecule has 1 N–H and O–H groups in total. The van der Waals surface area contributed by atoms with Crippen LogP contribution in [-0.2, 0) is 4.79 Å². The number of benzene rings is 1. The lowest BCUT2D eigenvalue weighted by molar-refractivity contribution is -0.117. The van der Waals surface area contributed by atoms with E-state index >= 15 is 0 Å². The van der Waals surface area contributed by atoms with E-state index in [1.54, 1.807) is 0 Å². The minimum atomic E-state index is -0.130. The van der Waals surface area contributed by atoms with E-state index in [1.807, 2.05) is 56.1 Å². The number of nitrogens with one attached hydrogen (secondary N) is 1. The summed E-state index contributed by atoms with van der Waals surface area (Å²) in [6.07, 6.45) is 0. The van der Waals surface area contributed by atoms with Gasteiger partial charge in [0.25, 0.3) is 0 Å². The van der Waals surface area contributed by atoms with E-state index in [9.17, 15) is 10.1 Å². The monoisotopic (exact) mass is 343 g/mol. The largest absolute Gasteiger partial charge is 0.492 e. The van der Waals surface area contributed by atoms with Crippen molar-refractivity contribution in [3.05, 3.63) is 46.3 Å². The maximum Gasteiger partial charge on any atom is 0.239 e. The summed E-state index contributed by atoms with van der Waals surface area (Å²) in [5, 5.41) is 12.7. The minimum absolute atomic E-state index is 0.130. The van der Waals surface area contributed by atoms with Crippen molar-refractivity contribution < 1.29 is 9.53 Å². The molecule has 1 heterocycles. The first kappa shape index (κ1) is 18.0. The number of aryl methyl sites for hydroxylation is 1. The second kappa shape index (κ2) is 8.48. The zero-order chi connectivity index (χ0) is 17.5. The Morgan fingerprint density at radius 1 is 1.33 bits per heavy atom. The third kappa shape index (κ3) is 4.82. The van der Waals surface area contributed by atoms with Gasteiger partial charge in [0, 0.05) is 11.4 Å². The lowest BCUT2D eigenvalue weighted by Gasteiger charge is -2.16. The van der Waals surface area contributed by atoms with Crippen LogP contribution in [0.3, 0.4) is 0 Å². The number of likely N-dealkylation sites (N-methyl/N-ethyl adjacent to an activating group) is 1. The Morgan fingerprint density at radius 3 is 2.71 bits per heavy atom. The predicted octanol–water partition coefficient (Wildman–Crippen LogP) is 3.19. The van der Waals surface area contributed by atoms with Crippen LogP contribution in [-0.4, -0.2) is 37.6 Å². The van der Waals surface area contributed by atoms with Crippen molar-refractivity contribution in [3.63, 3.8) is 0 Å². The van der Waals surface area contributed by atoms with Crippen molar-refractivity contribution in [3.8, 4) is 11.8 Å². The van der Waals surface area contributed by atoms with Gasteiger partial charge in [-0.05, 0) is 38.6 Å². The van der Waals surface area contributed by atoms with Gasteiger partial charge < -0.3 is 10.1 Å². The molecule has 0 aliphatic rings. The molecule has 1 aromatic carbocycles. The number of hydrogen-bond donors (Lipinski definition) is 1. The Kier molecular flexibility index (Phi) is 6.36. The predicted molar refractivity (Wildman–Crippen MR) is 96.6 cm³/mol. The maximum absolute atomic E-state index is 12.1. The van der Waals surface area contributed by atoms with Crippen molar-refractivity contribution in [2.75, 3.05) is 32.1 Å². The molecule has 2 aromatic rings. The molecule has 2 rings (SSSR count). The molecule has 0 spiro atoms. The molecular formula is C18H21N3O2S. The SMILES string of the molecule is Cc1sc(NC(=O)CN(C)CCOc2ccccc2)c(C#N)c1C. The van der Waals surface area contributed by atoms with Crippen LogP contribution in [0, 0.1) is 25.2 Å². The van der Waals surface area contributed by atoms with E-state index in [-0.39, 0.29) is 12.5 Å². The Balaban J connectivity index is 1.80. The quantitative estimate of drug-likeness (QED) is 0.838. The van der Waals surface area contributed by atoms with Gasteiger partial charge in [-0.3, -0.25) is 9.69 Å². The van der Waals surface area contributed by atoms with E-state index in [1.165, 1.54) is 11.3 Å². The fourth-order valence-electron chi connectivity index (χ4n) is 2.18. The van der Waals surface area contributed by atoms with Crippen LogP contribution in [0.2, 0.25) is 0 Å². The highest BCUT2D eigenvalue weighted by molar-refractivity contribution is 7.16. The van der Waals surface area contributed by atoms with Gasteiger partial charge in [-0.1, -0.05) is 18.2 Å². The maximum atomic E-state index is 12.1. The number of nitriles is 1. The summed E-state index contributed by atoms with van der Waals surface area (Å²) in [5.41, 5.74) is 1.49. The van der Waals surface area contributed by atoms with Gasteiger partial charge in [0.05, 0.1) is 12.1 Å². The highest BCUT2D eigenvalue weighted by atomic mass is 32.1. The first-order valence-electron chi connectivity index (χ1n) is 7.67. The van der Waals surface area contributed by atoms with E-state index in [0.717, 1.165) is 16.2 Å². The molecule has 0 bridgehead atoms. The fourth-order valence-corrected chi connectivity index (χ4v) is 3.20. The van der Waals surface area contributed by atoms with Crippen LogP contribution in [0.1, 0.15) is 16.0 Å². The van der Waals surface area contributed by atoms with Crippen molar-refractivity contribution in [1.29, 1.82) is 5.26 Å². The Bertz CT molecular complexity index is 735. The van der Waals surface area contributed by atoms with Crippen molar-refractivity contribution >= 4 is 22.2 Å². The molecule has 0 aliphatic carbocycles. The summed E-state index contributed by atoms with van der Waals surface area (Å²) in [7, 11) is 1.87. The molecule has 0 aliphatic heterocycles. The molecule has 0 radical (unpaired) electrons. The summed E-state index contributed by atoms with van der Waals surface area (Å²) in [4.78, 5) is 15.1. The zero-order valence-electron chi connectivity index (χ0n) is 14.1. The second-order valence-electron chi connectivity index (χ2n) is 5.55. The number of anilines is 1. The topological polar surface area (TPSA) is 65.4 Å². The third-order valence-corrected chi connectivity index (χ3v) is 4.77. The number of ether oxygens (including phenoxy) is 1. The van der Waals surface area contributed by atoms with Gasteiger partial charge in [-0.2, -0.15) is 5.26 Å². The molecule has 5 nitrogen and oxygen atoms in total. The number of amides is 1. The average molecular weight is 343 g/mol. The number of para-hydroxylation sites is 1. The molecule has 0 saturated carbocycles. The van der Waals surface area contributed by atoms with Gasteiger partial charge in [-0.15, -0.1) is 11.3 Å². The first-order chi connectivity index (χ1) is 11.5. The number of nitrogens with zero attached hydrogens (tertiary/aromatic N) is 2. The number of hydrogen-bond acceptors (Lipinski definition) is 5. The number of carbonyl (C=O) groups excluding carboxylic acids is 1. The van der Waals surface area contributed by atoms with Crippen LogP contribution in [0.15, 0.2) is 30.3 Å². The van der Waals surface area contributed by atoms with Crippen LogP contribution in [0.25, 0.3) is 0 Å². The standard InChI is InChI=1S/C18H21N3O2S/c1-13-14(2)24-18(16(13)11-19)20-17(22)12-21(3)9-10-23-15-7-5-4-6-8-15/h4-8H,9-10,12H2,1-3H3,(H,20,22). The molecular weight excluding hydrogens is 322 g/mol. The summed E-state index contributed by atoms with van der Waals surface area (Å²) < 4.78 is 5.62. The van der Waals surface area contributed by atoms with Crippen molar-refractivity contribution in [2.45, 2.75) is 13.8 Å². The molecule has 0 fully saturated rings. The van der Waals surface area contributed by atoms with Crippen molar-refractivity contribution in [1.82, 2.24) is 4.90 Å². The summed E-state index contributed by atoms with van der Waals surface area (Å²) in [6, 6.07) is 11.7. The van der Waals surface area contributed by atoms with Crippen LogP contribution >= 0.6 is 11.3 Å². The average Bonchev–Trinajstić information content (AvgIpc) is 2.81. The molecule has 126 valence electrons. The Morgan fingerprint density at radius 2 is 2.04 bits per heavy atom. The number of carbonyl (C=O) groups is 1. The van der Waals surface area contributed by atoms with Gasteiger partial charge in [0.2, 0.25) is 5.91 Å². The minimum Gasteiger partial charge on any atom is -0.492 e. The normalized spacial score (nSPS) is 10.5. The zero-order valence-corrected chi connectivity index (χ0v) is 14.9. The molecule has 1 aromatic heterocycles. The molecule has 0 saturated heterocycles. The Labute approximate surface area is 146 Å². The number of thiophene rings is 1. The van der Waals surface area contributed by atoms with E-state index < -0.39 is 0 Å². The smallest absolute Gasteiger partial charge is 0.239 e. The number of rotatable bonds is 7.